The minimum absolute atomic E-state index is 0.0588. The highest BCUT2D eigenvalue weighted by Gasteiger charge is 2.10. The van der Waals surface area contributed by atoms with E-state index in [-0.39, 0.29) is 5.46 Å². The van der Waals surface area contributed by atoms with Crippen LogP contribution in [0.2, 0.25) is 0 Å². The highest BCUT2D eigenvalue weighted by atomic mass is 19.1. The van der Waals surface area contributed by atoms with Crippen molar-refractivity contribution in [1.82, 2.24) is 0 Å². The van der Waals surface area contributed by atoms with E-state index < -0.39 is 11.9 Å². The summed E-state index contributed by atoms with van der Waals surface area (Å²) in [6, 6.07) is 4.50. The molecule has 0 aliphatic heterocycles. The van der Waals surface area contributed by atoms with Gasteiger partial charge in [0.1, 0.15) is 13.7 Å². The van der Waals surface area contributed by atoms with E-state index in [2.05, 4.69) is 0 Å². The van der Waals surface area contributed by atoms with Crippen molar-refractivity contribution in [3.05, 3.63) is 29.6 Å². The summed E-state index contributed by atoms with van der Waals surface area (Å²) in [4.78, 5) is 0. The Bertz CT molecular complexity index is 288. The molecule has 0 saturated heterocycles. The maximum absolute atomic E-state index is 12.9. The van der Waals surface area contributed by atoms with Crippen LogP contribution in [0.15, 0.2) is 18.2 Å². The van der Waals surface area contributed by atoms with Gasteiger partial charge in [0.15, 0.2) is 0 Å². The lowest BCUT2D eigenvalue weighted by Gasteiger charge is -2.13. The largest absolute Gasteiger partial charge is 0.388 e. The van der Waals surface area contributed by atoms with Gasteiger partial charge >= 0.3 is 0 Å². The molecule has 0 amide bonds. The predicted molar refractivity (Wildman–Crippen MR) is 51.7 cm³/mol. The molecule has 0 saturated carbocycles. The first kappa shape index (κ1) is 10.3. The molecule has 0 spiro atoms. The lowest BCUT2D eigenvalue weighted by molar-refractivity contribution is 0.167. The quantitative estimate of drug-likeness (QED) is 0.694. The number of hydrogen-bond acceptors (Lipinski definition) is 1. The zero-order chi connectivity index (χ0) is 9.84. The van der Waals surface area contributed by atoms with Gasteiger partial charge in [-0.1, -0.05) is 30.9 Å². The van der Waals surface area contributed by atoms with Crippen LogP contribution in [0.3, 0.4) is 0 Å². The molecule has 0 aliphatic carbocycles. The zero-order valence-corrected chi connectivity index (χ0v) is 7.63. The van der Waals surface area contributed by atoms with Crippen LogP contribution in [0.5, 0.6) is 0 Å². The van der Waals surface area contributed by atoms with Gasteiger partial charge in [-0.3, -0.25) is 0 Å². The minimum Gasteiger partial charge on any atom is -0.388 e. The highest BCUT2D eigenvalue weighted by Crippen LogP contribution is 2.16. The normalized spacial score (nSPS) is 12.8. The first-order valence-corrected chi connectivity index (χ1v) is 4.38. The molecule has 0 heterocycles. The van der Waals surface area contributed by atoms with Crippen molar-refractivity contribution in [2.45, 2.75) is 25.9 Å². The second-order valence-corrected chi connectivity index (χ2v) is 3.05. The van der Waals surface area contributed by atoms with Gasteiger partial charge in [0, 0.05) is 0 Å². The van der Waals surface area contributed by atoms with E-state index in [1.165, 1.54) is 6.07 Å². The lowest BCUT2D eigenvalue weighted by atomic mass is 9.86. The third-order valence-corrected chi connectivity index (χ3v) is 2.01. The second-order valence-electron chi connectivity index (χ2n) is 3.05. The summed E-state index contributed by atoms with van der Waals surface area (Å²) >= 11 is 0. The van der Waals surface area contributed by atoms with Gasteiger partial charge in [0.05, 0.1) is 6.10 Å². The third kappa shape index (κ3) is 2.31. The summed E-state index contributed by atoms with van der Waals surface area (Å²) < 4.78 is 12.9. The second kappa shape index (κ2) is 4.42. The highest BCUT2D eigenvalue weighted by molar-refractivity contribution is 6.33. The van der Waals surface area contributed by atoms with E-state index in [1.807, 2.05) is 6.92 Å². The minimum atomic E-state index is -0.652. The van der Waals surface area contributed by atoms with E-state index in [0.717, 1.165) is 6.42 Å². The zero-order valence-electron chi connectivity index (χ0n) is 7.63. The summed E-state index contributed by atoms with van der Waals surface area (Å²) in [6.45, 7) is 1.96. The van der Waals surface area contributed by atoms with Gasteiger partial charge in [-0.05, 0) is 18.1 Å². The Morgan fingerprint density at radius 2 is 2.23 bits per heavy atom. The van der Waals surface area contributed by atoms with Crippen LogP contribution in [0.1, 0.15) is 31.4 Å². The van der Waals surface area contributed by atoms with Crippen LogP contribution in [0.4, 0.5) is 4.39 Å². The van der Waals surface area contributed by atoms with Gasteiger partial charge in [-0.2, -0.15) is 0 Å². The average molecular weight is 178 g/mol. The molecule has 1 aromatic rings. The van der Waals surface area contributed by atoms with Crippen molar-refractivity contribution in [3.63, 3.8) is 0 Å². The van der Waals surface area contributed by atoms with Crippen LogP contribution >= 0.6 is 0 Å². The smallest absolute Gasteiger partial charge is 0.118 e. The maximum Gasteiger partial charge on any atom is 0.118 e. The molecule has 0 bridgehead atoms. The first-order valence-electron chi connectivity index (χ1n) is 4.38. The number of hydrogen-bond donors (Lipinski definition) is 1. The van der Waals surface area contributed by atoms with E-state index in [4.69, 9.17) is 7.85 Å². The SMILES string of the molecule is [B]c1c(F)cccc1C(O)CCC. The molecule has 1 aromatic carbocycles. The van der Waals surface area contributed by atoms with Crippen LogP contribution in [-0.2, 0) is 0 Å². The molecule has 1 unspecified atom stereocenters. The fourth-order valence-electron chi connectivity index (χ4n) is 1.27. The van der Waals surface area contributed by atoms with Gasteiger partial charge < -0.3 is 5.11 Å². The van der Waals surface area contributed by atoms with E-state index in [1.54, 1.807) is 12.1 Å². The Kier molecular flexibility index (Phi) is 3.49. The van der Waals surface area contributed by atoms with E-state index in [9.17, 15) is 9.50 Å². The summed E-state index contributed by atoms with van der Waals surface area (Å²) in [5.41, 5.74) is 0.547. The molecule has 0 aliphatic rings. The molecule has 3 heteroatoms. The number of benzene rings is 1. The Morgan fingerprint density at radius 1 is 1.54 bits per heavy atom. The van der Waals surface area contributed by atoms with Gasteiger partial charge in [0.2, 0.25) is 0 Å². The van der Waals surface area contributed by atoms with Crippen molar-refractivity contribution < 1.29 is 9.50 Å². The molecule has 68 valence electrons. The van der Waals surface area contributed by atoms with Crippen molar-refractivity contribution in [3.8, 4) is 0 Å². The third-order valence-electron chi connectivity index (χ3n) is 2.01. The molecular formula is C10H12BFO. The number of halogens is 1. The molecule has 1 rings (SSSR count). The molecular weight excluding hydrogens is 166 g/mol. The Balaban J connectivity index is 2.93. The molecule has 1 nitrogen and oxygen atoms in total. The maximum atomic E-state index is 12.9. The van der Waals surface area contributed by atoms with Crippen LogP contribution in [-0.4, -0.2) is 13.0 Å². The van der Waals surface area contributed by atoms with Crippen molar-refractivity contribution in [2.24, 2.45) is 0 Å². The molecule has 1 atom stereocenters. The Hall–Kier alpha value is -0.825. The van der Waals surface area contributed by atoms with Crippen LogP contribution in [0.25, 0.3) is 0 Å². The van der Waals surface area contributed by atoms with Crippen molar-refractivity contribution in [1.29, 1.82) is 0 Å². The van der Waals surface area contributed by atoms with Gasteiger partial charge in [0.25, 0.3) is 0 Å². The summed E-state index contributed by atoms with van der Waals surface area (Å²) in [5, 5.41) is 9.58. The van der Waals surface area contributed by atoms with E-state index in [0.29, 0.717) is 12.0 Å². The van der Waals surface area contributed by atoms with Crippen LogP contribution in [0, 0.1) is 5.82 Å². The Morgan fingerprint density at radius 3 is 2.85 bits per heavy atom. The standard InChI is InChI=1S/C10H12BFO/c1-2-4-9(13)7-5-3-6-8(12)10(7)11/h3,5-6,9,13H,2,4H2,1H3. The topological polar surface area (TPSA) is 20.2 Å². The summed E-state index contributed by atoms with van der Waals surface area (Å²) in [7, 11) is 5.48. The predicted octanol–water partition coefficient (Wildman–Crippen LogP) is 1.45. The number of aliphatic hydroxyl groups excluding tert-OH is 1. The average Bonchev–Trinajstić information content (AvgIpc) is 2.10. The molecule has 2 radical (unpaired) electrons. The summed E-state index contributed by atoms with van der Waals surface area (Å²) in [6.07, 6.45) is 0.797. The van der Waals surface area contributed by atoms with Gasteiger partial charge in [-0.15, -0.1) is 0 Å². The lowest BCUT2D eigenvalue weighted by Crippen LogP contribution is -2.17. The van der Waals surface area contributed by atoms with Crippen molar-refractivity contribution >= 4 is 13.3 Å². The first-order chi connectivity index (χ1) is 6.16. The molecule has 1 N–H and O–H groups in total. The summed E-state index contributed by atoms with van der Waals surface area (Å²) in [5.74, 6) is -0.465. The fraction of sp³-hybridized carbons (Fsp3) is 0.400. The van der Waals surface area contributed by atoms with Crippen molar-refractivity contribution in [2.75, 3.05) is 0 Å². The molecule has 0 fully saturated rings. The Labute approximate surface area is 79.0 Å². The monoisotopic (exact) mass is 178 g/mol. The fourth-order valence-corrected chi connectivity index (χ4v) is 1.27. The molecule has 13 heavy (non-hydrogen) atoms. The van der Waals surface area contributed by atoms with E-state index >= 15 is 0 Å². The molecule has 0 aromatic heterocycles. The number of aliphatic hydroxyl groups is 1. The number of rotatable bonds is 3. The van der Waals surface area contributed by atoms with Crippen LogP contribution < -0.4 is 5.46 Å². The van der Waals surface area contributed by atoms with Gasteiger partial charge in [-0.25, -0.2) is 4.39 Å².